The molecule has 4 atom stereocenters. The van der Waals surface area contributed by atoms with Gasteiger partial charge in [-0.1, -0.05) is 6.92 Å². The van der Waals surface area contributed by atoms with Crippen molar-refractivity contribution in [2.45, 2.75) is 83.0 Å². The minimum atomic E-state index is -0.268. The number of hydrogen-bond donors (Lipinski definition) is 1. The summed E-state index contributed by atoms with van der Waals surface area (Å²) in [6, 6.07) is 0. The molecule has 1 N–H and O–H groups in total. The van der Waals surface area contributed by atoms with Gasteiger partial charge in [0.1, 0.15) is 0 Å². The van der Waals surface area contributed by atoms with Crippen LogP contribution in [0, 0.1) is 17.8 Å². The first-order valence-electron chi connectivity index (χ1n) is 10.2. The van der Waals surface area contributed by atoms with Crippen LogP contribution >= 0.6 is 0 Å². The van der Waals surface area contributed by atoms with Crippen molar-refractivity contribution in [1.82, 2.24) is 0 Å². The molecule has 6 nitrogen and oxygen atoms in total. The third-order valence-corrected chi connectivity index (χ3v) is 5.97. The molecule has 26 heavy (non-hydrogen) atoms. The molecule has 3 fully saturated rings. The summed E-state index contributed by atoms with van der Waals surface area (Å²) in [4.78, 5) is 24.0. The molecule has 0 amide bonds. The van der Waals surface area contributed by atoms with Gasteiger partial charge in [0.25, 0.3) is 0 Å². The number of rotatable bonds is 8. The number of carbonyl (C=O) groups excluding carboxylic acids is 2. The van der Waals surface area contributed by atoms with Crippen molar-refractivity contribution in [3.63, 3.8) is 0 Å². The van der Waals surface area contributed by atoms with E-state index in [4.69, 9.17) is 14.2 Å². The third-order valence-electron chi connectivity index (χ3n) is 5.97. The van der Waals surface area contributed by atoms with Crippen molar-refractivity contribution >= 4 is 11.9 Å². The van der Waals surface area contributed by atoms with Crippen LogP contribution < -0.4 is 0 Å². The van der Waals surface area contributed by atoms with E-state index < -0.39 is 0 Å². The largest absolute Gasteiger partial charge is 0.465 e. The van der Waals surface area contributed by atoms with Crippen LogP contribution in [0.4, 0.5) is 0 Å². The highest BCUT2D eigenvalue weighted by Gasteiger charge is 2.44. The SMILES string of the molecule is CC(CCC(=O)OCC1CCC2OC2C1)COC(=O)C1CCC(O)CC1. The Balaban J connectivity index is 1.23. The lowest BCUT2D eigenvalue weighted by molar-refractivity contribution is -0.151. The number of hydrogen-bond acceptors (Lipinski definition) is 6. The molecule has 0 spiro atoms. The molecule has 3 aliphatic rings. The average molecular weight is 368 g/mol. The molecule has 0 radical (unpaired) electrons. The van der Waals surface area contributed by atoms with E-state index in [1.165, 1.54) is 0 Å². The van der Waals surface area contributed by atoms with E-state index >= 15 is 0 Å². The van der Waals surface area contributed by atoms with E-state index in [0.29, 0.717) is 69.9 Å². The van der Waals surface area contributed by atoms with Crippen molar-refractivity contribution in [1.29, 1.82) is 0 Å². The number of aliphatic hydroxyl groups excluding tert-OH is 1. The van der Waals surface area contributed by atoms with Gasteiger partial charge in [0.15, 0.2) is 0 Å². The summed E-state index contributed by atoms with van der Waals surface area (Å²) in [5.41, 5.74) is 0. The minimum absolute atomic E-state index is 0.0823. The fourth-order valence-corrected chi connectivity index (χ4v) is 4.02. The van der Waals surface area contributed by atoms with E-state index in [0.717, 1.165) is 19.3 Å². The van der Waals surface area contributed by atoms with Crippen LogP contribution in [0.2, 0.25) is 0 Å². The number of esters is 2. The molecule has 148 valence electrons. The van der Waals surface area contributed by atoms with Crippen LogP contribution in [0.15, 0.2) is 0 Å². The Morgan fingerprint density at radius 2 is 1.85 bits per heavy atom. The maximum atomic E-state index is 12.0. The van der Waals surface area contributed by atoms with Crippen molar-refractivity contribution in [3.8, 4) is 0 Å². The first-order valence-corrected chi connectivity index (χ1v) is 10.2. The Morgan fingerprint density at radius 1 is 1.08 bits per heavy atom. The molecule has 3 rings (SSSR count). The number of carbonyl (C=O) groups is 2. The van der Waals surface area contributed by atoms with Crippen molar-refractivity contribution in [3.05, 3.63) is 0 Å². The molecule has 1 aliphatic heterocycles. The Labute approximate surface area is 155 Å². The van der Waals surface area contributed by atoms with Gasteiger partial charge >= 0.3 is 11.9 Å². The number of aliphatic hydroxyl groups is 1. The highest BCUT2D eigenvalue weighted by Crippen LogP contribution is 2.39. The van der Waals surface area contributed by atoms with Crippen LogP contribution in [0.5, 0.6) is 0 Å². The predicted octanol–water partition coefficient (Wildman–Crippen LogP) is 2.61. The summed E-state index contributed by atoms with van der Waals surface area (Å²) in [5.74, 6) is 0.166. The number of epoxide rings is 1. The normalized spacial score (nSPS) is 34.5. The molecule has 0 aromatic heterocycles. The average Bonchev–Trinajstić information content (AvgIpc) is 3.42. The quantitative estimate of drug-likeness (QED) is 0.524. The van der Waals surface area contributed by atoms with Gasteiger partial charge in [-0.3, -0.25) is 9.59 Å². The number of fused-ring (bicyclic) bond motifs is 1. The summed E-state index contributed by atoms with van der Waals surface area (Å²) >= 11 is 0. The predicted molar refractivity (Wildman–Crippen MR) is 94.3 cm³/mol. The smallest absolute Gasteiger partial charge is 0.308 e. The van der Waals surface area contributed by atoms with Crippen LogP contribution in [0.1, 0.15) is 64.7 Å². The summed E-state index contributed by atoms with van der Waals surface area (Å²) in [7, 11) is 0. The van der Waals surface area contributed by atoms with Crippen molar-refractivity contribution in [2.24, 2.45) is 17.8 Å². The molecular weight excluding hydrogens is 336 g/mol. The molecule has 0 bridgehead atoms. The minimum Gasteiger partial charge on any atom is -0.465 e. The second-order valence-corrected chi connectivity index (χ2v) is 8.35. The van der Waals surface area contributed by atoms with Gasteiger partial charge in [-0.05, 0) is 63.2 Å². The summed E-state index contributed by atoms with van der Waals surface area (Å²) in [6.07, 6.45) is 7.59. The van der Waals surface area contributed by atoms with Crippen LogP contribution in [0.3, 0.4) is 0 Å². The Hall–Kier alpha value is -1.14. The zero-order valence-electron chi connectivity index (χ0n) is 15.7. The van der Waals surface area contributed by atoms with E-state index in [2.05, 4.69) is 0 Å². The molecule has 1 heterocycles. The lowest BCUT2D eigenvalue weighted by Crippen LogP contribution is -2.27. The first kappa shape index (κ1) is 19.6. The lowest BCUT2D eigenvalue weighted by atomic mass is 9.87. The van der Waals surface area contributed by atoms with E-state index in [-0.39, 0.29) is 29.9 Å². The van der Waals surface area contributed by atoms with Crippen LogP contribution in [0.25, 0.3) is 0 Å². The molecular formula is C20H32O6. The highest BCUT2D eigenvalue weighted by molar-refractivity contribution is 5.72. The topological polar surface area (TPSA) is 85.4 Å². The summed E-state index contributed by atoms with van der Waals surface area (Å²) < 4.78 is 16.3. The van der Waals surface area contributed by atoms with Crippen LogP contribution in [-0.4, -0.2) is 48.6 Å². The highest BCUT2D eigenvalue weighted by atomic mass is 16.6. The fourth-order valence-electron chi connectivity index (χ4n) is 4.02. The number of ether oxygens (including phenoxy) is 3. The monoisotopic (exact) mass is 368 g/mol. The van der Waals surface area contributed by atoms with E-state index in [1.54, 1.807) is 0 Å². The Kier molecular flexibility index (Phi) is 6.92. The second kappa shape index (κ2) is 9.18. The fraction of sp³-hybridized carbons (Fsp3) is 0.900. The molecule has 1 saturated heterocycles. The van der Waals surface area contributed by atoms with Crippen LogP contribution in [-0.2, 0) is 23.8 Å². The lowest BCUT2D eigenvalue weighted by Gasteiger charge is -2.24. The van der Waals surface area contributed by atoms with Crippen molar-refractivity contribution < 1.29 is 28.9 Å². The first-order chi connectivity index (χ1) is 12.5. The van der Waals surface area contributed by atoms with Gasteiger partial charge in [0.2, 0.25) is 0 Å². The van der Waals surface area contributed by atoms with E-state index in [9.17, 15) is 14.7 Å². The van der Waals surface area contributed by atoms with Gasteiger partial charge in [0.05, 0.1) is 37.4 Å². The Morgan fingerprint density at radius 3 is 2.58 bits per heavy atom. The van der Waals surface area contributed by atoms with Gasteiger partial charge in [-0.2, -0.15) is 0 Å². The van der Waals surface area contributed by atoms with Gasteiger partial charge < -0.3 is 19.3 Å². The summed E-state index contributed by atoms with van der Waals surface area (Å²) in [6.45, 7) is 2.83. The molecule has 2 saturated carbocycles. The maximum Gasteiger partial charge on any atom is 0.308 e. The zero-order valence-corrected chi connectivity index (χ0v) is 15.7. The van der Waals surface area contributed by atoms with Crippen molar-refractivity contribution in [2.75, 3.05) is 13.2 Å². The standard InChI is InChI=1S/C20H32O6/c1-13(11-25-20(23)15-4-6-16(21)7-5-15)2-9-19(22)24-12-14-3-8-17-18(10-14)26-17/h13-18,21H,2-12H2,1H3. The molecule has 0 aromatic carbocycles. The second-order valence-electron chi connectivity index (χ2n) is 8.35. The third kappa shape index (κ3) is 5.95. The zero-order chi connectivity index (χ0) is 18.5. The van der Waals surface area contributed by atoms with Gasteiger partial charge in [-0.15, -0.1) is 0 Å². The summed E-state index contributed by atoms with van der Waals surface area (Å²) in [5, 5.41) is 9.49. The molecule has 0 aromatic rings. The van der Waals surface area contributed by atoms with Gasteiger partial charge in [-0.25, -0.2) is 0 Å². The molecule has 4 unspecified atom stereocenters. The van der Waals surface area contributed by atoms with Gasteiger partial charge in [0, 0.05) is 6.42 Å². The maximum absolute atomic E-state index is 12.0. The molecule has 2 aliphatic carbocycles. The van der Waals surface area contributed by atoms with E-state index in [1.807, 2.05) is 6.92 Å². The Bertz CT molecular complexity index is 485. The molecule has 6 heteroatoms.